The van der Waals surface area contributed by atoms with Crippen molar-refractivity contribution in [3.8, 4) is 0 Å². The summed E-state index contributed by atoms with van der Waals surface area (Å²) in [5, 5.41) is 5.52. The molecule has 0 atom stereocenters. The summed E-state index contributed by atoms with van der Waals surface area (Å²) in [5.41, 5.74) is 2.56. The van der Waals surface area contributed by atoms with Gasteiger partial charge in [0.1, 0.15) is 0 Å². The Labute approximate surface area is 71.8 Å². The molecule has 0 aliphatic carbocycles. The van der Waals surface area contributed by atoms with Crippen molar-refractivity contribution in [2.24, 2.45) is 0 Å². The van der Waals surface area contributed by atoms with E-state index in [1.165, 1.54) is 16.5 Å². The lowest BCUT2D eigenvalue weighted by atomic mass is 10.2. The molecular weight excluding hydrogens is 148 g/mol. The first kappa shape index (κ1) is 7.35. The first-order valence-corrected chi connectivity index (χ1v) is 4.24. The minimum atomic E-state index is 0.939. The lowest BCUT2D eigenvalue weighted by molar-refractivity contribution is 0.682. The van der Waals surface area contributed by atoms with E-state index in [0.717, 1.165) is 6.54 Å². The van der Waals surface area contributed by atoms with E-state index in [-0.39, 0.29) is 0 Å². The summed E-state index contributed by atoms with van der Waals surface area (Å²) in [4.78, 5) is 0. The number of para-hydroxylation sites is 1. The molecule has 0 N–H and O–H groups in total. The minimum Gasteiger partial charge on any atom is -0.265 e. The minimum absolute atomic E-state index is 0.939. The molecule has 1 aromatic carbocycles. The number of aryl methyl sites for hydroxylation is 2. The van der Waals surface area contributed by atoms with Gasteiger partial charge in [0.25, 0.3) is 0 Å². The summed E-state index contributed by atoms with van der Waals surface area (Å²) >= 11 is 0. The van der Waals surface area contributed by atoms with Crippen molar-refractivity contribution in [1.29, 1.82) is 0 Å². The van der Waals surface area contributed by atoms with Gasteiger partial charge in [0.2, 0.25) is 0 Å². The molecule has 62 valence electrons. The van der Waals surface area contributed by atoms with Crippen LogP contribution in [0.1, 0.15) is 12.5 Å². The third-order valence-corrected chi connectivity index (χ3v) is 2.16. The van der Waals surface area contributed by atoms with E-state index < -0.39 is 0 Å². The number of fused-ring (bicyclic) bond motifs is 1. The van der Waals surface area contributed by atoms with E-state index in [9.17, 15) is 0 Å². The second-order valence-corrected chi connectivity index (χ2v) is 2.97. The molecule has 0 saturated heterocycles. The summed E-state index contributed by atoms with van der Waals surface area (Å²) < 4.78 is 2.03. The zero-order valence-electron chi connectivity index (χ0n) is 7.41. The van der Waals surface area contributed by atoms with Crippen LogP contribution in [0.2, 0.25) is 0 Å². The van der Waals surface area contributed by atoms with Crippen LogP contribution >= 0.6 is 0 Å². The molecule has 0 amide bonds. The largest absolute Gasteiger partial charge is 0.265 e. The third kappa shape index (κ3) is 0.916. The predicted molar refractivity (Wildman–Crippen MR) is 50.1 cm³/mol. The molecule has 0 bridgehead atoms. The molecule has 1 aromatic heterocycles. The molecular formula is C10H12N2. The Morgan fingerprint density at radius 3 is 3.00 bits per heavy atom. The normalized spacial score (nSPS) is 10.8. The summed E-state index contributed by atoms with van der Waals surface area (Å²) in [6.07, 6.45) is 1.92. The number of hydrogen-bond acceptors (Lipinski definition) is 1. The van der Waals surface area contributed by atoms with Crippen LogP contribution in [0.25, 0.3) is 10.9 Å². The molecule has 0 unspecified atom stereocenters. The second-order valence-electron chi connectivity index (χ2n) is 2.97. The van der Waals surface area contributed by atoms with Crippen molar-refractivity contribution < 1.29 is 0 Å². The maximum Gasteiger partial charge on any atom is 0.0711 e. The first-order valence-electron chi connectivity index (χ1n) is 4.24. The van der Waals surface area contributed by atoms with Gasteiger partial charge in [0, 0.05) is 11.9 Å². The van der Waals surface area contributed by atoms with Crippen molar-refractivity contribution in [2.45, 2.75) is 20.4 Å². The molecule has 1 heterocycles. The van der Waals surface area contributed by atoms with E-state index in [1.54, 1.807) is 0 Å². The van der Waals surface area contributed by atoms with Gasteiger partial charge in [-0.1, -0.05) is 18.2 Å². The number of nitrogens with zero attached hydrogens (tertiary/aromatic N) is 2. The summed E-state index contributed by atoms with van der Waals surface area (Å²) in [5.74, 6) is 0. The number of hydrogen-bond donors (Lipinski definition) is 0. The van der Waals surface area contributed by atoms with E-state index in [0.29, 0.717) is 0 Å². The molecule has 0 spiro atoms. The number of aromatic nitrogens is 2. The number of benzene rings is 1. The van der Waals surface area contributed by atoms with E-state index in [2.05, 4.69) is 37.1 Å². The van der Waals surface area contributed by atoms with Crippen molar-refractivity contribution >= 4 is 10.9 Å². The average Bonchev–Trinajstić information content (AvgIpc) is 2.49. The summed E-state index contributed by atoms with van der Waals surface area (Å²) in [7, 11) is 0. The maximum absolute atomic E-state index is 4.29. The van der Waals surface area contributed by atoms with E-state index in [4.69, 9.17) is 0 Å². The SMILES string of the molecule is CCn1ncc2cccc(C)c21. The lowest BCUT2D eigenvalue weighted by Crippen LogP contribution is -1.96. The molecule has 2 heteroatoms. The lowest BCUT2D eigenvalue weighted by Gasteiger charge is -2.00. The number of rotatable bonds is 1. The van der Waals surface area contributed by atoms with Crippen LogP contribution in [0.4, 0.5) is 0 Å². The molecule has 2 nitrogen and oxygen atoms in total. The molecule has 0 fully saturated rings. The third-order valence-electron chi connectivity index (χ3n) is 2.16. The van der Waals surface area contributed by atoms with Crippen LogP contribution in [-0.4, -0.2) is 9.78 Å². The zero-order valence-corrected chi connectivity index (χ0v) is 7.41. The van der Waals surface area contributed by atoms with E-state index >= 15 is 0 Å². The fraction of sp³-hybridized carbons (Fsp3) is 0.300. The Bertz CT molecular complexity index is 401. The van der Waals surface area contributed by atoms with Crippen molar-refractivity contribution in [3.05, 3.63) is 30.0 Å². The average molecular weight is 160 g/mol. The van der Waals surface area contributed by atoms with Crippen molar-refractivity contribution in [2.75, 3.05) is 0 Å². The standard InChI is InChI=1S/C10H12N2/c1-3-12-10-8(2)5-4-6-9(10)7-11-12/h4-7H,3H2,1-2H3. The quantitative estimate of drug-likeness (QED) is 0.626. The molecule has 0 aliphatic heterocycles. The van der Waals surface area contributed by atoms with Crippen LogP contribution in [0, 0.1) is 6.92 Å². The van der Waals surface area contributed by atoms with Gasteiger partial charge < -0.3 is 0 Å². The fourth-order valence-electron chi connectivity index (χ4n) is 1.57. The maximum atomic E-state index is 4.29. The van der Waals surface area contributed by atoms with Crippen molar-refractivity contribution in [3.63, 3.8) is 0 Å². The Balaban J connectivity index is 2.83. The highest BCUT2D eigenvalue weighted by molar-refractivity contribution is 5.81. The molecule has 0 aliphatic rings. The second kappa shape index (κ2) is 2.63. The van der Waals surface area contributed by atoms with Gasteiger partial charge in [-0.2, -0.15) is 5.10 Å². The van der Waals surface area contributed by atoms with Gasteiger partial charge in [-0.25, -0.2) is 0 Å². The van der Waals surface area contributed by atoms with Crippen LogP contribution in [-0.2, 0) is 6.54 Å². The van der Waals surface area contributed by atoms with Crippen LogP contribution in [0.3, 0.4) is 0 Å². The predicted octanol–water partition coefficient (Wildman–Crippen LogP) is 2.36. The Morgan fingerprint density at radius 2 is 2.25 bits per heavy atom. The van der Waals surface area contributed by atoms with Gasteiger partial charge in [-0.05, 0) is 19.4 Å². The van der Waals surface area contributed by atoms with Gasteiger partial charge in [-0.3, -0.25) is 4.68 Å². The zero-order chi connectivity index (χ0) is 8.55. The van der Waals surface area contributed by atoms with Crippen LogP contribution < -0.4 is 0 Å². The fourth-order valence-corrected chi connectivity index (χ4v) is 1.57. The molecule has 12 heavy (non-hydrogen) atoms. The Kier molecular flexibility index (Phi) is 1.61. The highest BCUT2D eigenvalue weighted by Gasteiger charge is 2.01. The van der Waals surface area contributed by atoms with Gasteiger partial charge in [0.15, 0.2) is 0 Å². The summed E-state index contributed by atoms with van der Waals surface area (Å²) in [6.45, 7) is 5.17. The monoisotopic (exact) mass is 160 g/mol. The van der Waals surface area contributed by atoms with Gasteiger partial charge in [-0.15, -0.1) is 0 Å². The van der Waals surface area contributed by atoms with Crippen LogP contribution in [0.5, 0.6) is 0 Å². The first-order chi connectivity index (χ1) is 5.83. The topological polar surface area (TPSA) is 17.8 Å². The Morgan fingerprint density at radius 1 is 1.42 bits per heavy atom. The summed E-state index contributed by atoms with van der Waals surface area (Å²) in [6, 6.07) is 6.29. The molecule has 2 aromatic rings. The molecule has 0 radical (unpaired) electrons. The van der Waals surface area contributed by atoms with Crippen molar-refractivity contribution in [1.82, 2.24) is 9.78 Å². The smallest absolute Gasteiger partial charge is 0.0711 e. The molecule has 2 rings (SSSR count). The van der Waals surface area contributed by atoms with Crippen LogP contribution in [0.15, 0.2) is 24.4 Å². The van der Waals surface area contributed by atoms with E-state index in [1.807, 2.05) is 10.9 Å². The van der Waals surface area contributed by atoms with Gasteiger partial charge >= 0.3 is 0 Å². The highest BCUT2D eigenvalue weighted by Crippen LogP contribution is 2.16. The van der Waals surface area contributed by atoms with Gasteiger partial charge in [0.05, 0.1) is 11.7 Å². The highest BCUT2D eigenvalue weighted by atomic mass is 15.3. The Hall–Kier alpha value is -1.31. The molecule has 0 saturated carbocycles.